The number of ether oxygens (including phenoxy) is 1. The Bertz CT molecular complexity index is 174. The zero-order valence-corrected chi connectivity index (χ0v) is 5.54. The first-order valence-corrected chi connectivity index (χ1v) is 3.19. The van der Waals surface area contributed by atoms with Crippen LogP contribution in [0.4, 0.5) is 0 Å². The largest absolute Gasteiger partial charge is 0.490 e. The topological polar surface area (TPSA) is 50.2 Å². The zero-order valence-electron chi connectivity index (χ0n) is 5.54. The third-order valence-electron chi connectivity index (χ3n) is 1.39. The van der Waals surface area contributed by atoms with Gasteiger partial charge in [-0.2, -0.15) is 0 Å². The van der Waals surface area contributed by atoms with E-state index in [1.165, 1.54) is 6.26 Å². The number of carbonyl (C=O) groups excluding carboxylic acids is 1. The molecule has 1 aliphatic rings. The average Bonchev–Trinajstić information content (AvgIpc) is 2.05. The van der Waals surface area contributed by atoms with E-state index in [4.69, 9.17) is 10.1 Å². The summed E-state index contributed by atoms with van der Waals surface area (Å²) in [5, 5.41) is 6.67. The van der Waals surface area contributed by atoms with Crippen LogP contribution in [0.3, 0.4) is 0 Å². The molecule has 0 aliphatic carbocycles. The molecule has 3 nitrogen and oxygen atoms in total. The van der Waals surface area contributed by atoms with E-state index in [-0.39, 0.29) is 5.78 Å². The number of nitrogens with one attached hydrogen (secondary N) is 1. The van der Waals surface area contributed by atoms with Gasteiger partial charge < -0.3 is 10.1 Å². The lowest BCUT2D eigenvalue weighted by Crippen LogP contribution is -2.24. The first-order chi connectivity index (χ1) is 4.84. The van der Waals surface area contributed by atoms with Crippen molar-refractivity contribution in [2.24, 2.45) is 0 Å². The smallest absolute Gasteiger partial charge is 0.213 e. The Balaban J connectivity index is 2.49. The normalized spacial score (nSPS) is 23.4. The molecule has 0 aromatic heterocycles. The van der Waals surface area contributed by atoms with Gasteiger partial charge in [0.1, 0.15) is 0 Å². The van der Waals surface area contributed by atoms with Gasteiger partial charge in [0.2, 0.25) is 5.78 Å². The summed E-state index contributed by atoms with van der Waals surface area (Å²) in [5.74, 6) is -0.246. The van der Waals surface area contributed by atoms with Crippen molar-refractivity contribution in [3.05, 3.63) is 12.3 Å². The summed E-state index contributed by atoms with van der Waals surface area (Å²) in [6.07, 6.45) is 5.37. The fourth-order valence-corrected chi connectivity index (χ4v) is 0.836. The number of Topliss-reactive ketones (excluding diaryl/α,β-unsaturated/α-hetero) is 1. The molecule has 1 unspecified atom stereocenters. The standard InChI is InChI=1S/C7H9NO2/c8-5-6(9)7-3-1-2-4-10-7/h2,4-5,7-8H,1,3H2. The Morgan fingerprint density at radius 1 is 1.80 bits per heavy atom. The molecule has 0 fully saturated rings. The van der Waals surface area contributed by atoms with Gasteiger partial charge >= 0.3 is 0 Å². The molecule has 54 valence electrons. The van der Waals surface area contributed by atoms with Crippen molar-refractivity contribution < 1.29 is 9.53 Å². The van der Waals surface area contributed by atoms with Crippen LogP contribution in [0.1, 0.15) is 12.8 Å². The van der Waals surface area contributed by atoms with Crippen LogP contribution in [-0.2, 0) is 9.53 Å². The number of rotatable bonds is 2. The highest BCUT2D eigenvalue weighted by Crippen LogP contribution is 2.09. The van der Waals surface area contributed by atoms with Crippen LogP contribution in [0.15, 0.2) is 12.3 Å². The van der Waals surface area contributed by atoms with E-state index < -0.39 is 6.10 Å². The highest BCUT2D eigenvalue weighted by Gasteiger charge is 2.17. The summed E-state index contributed by atoms with van der Waals surface area (Å²) in [6.45, 7) is 0. The summed E-state index contributed by atoms with van der Waals surface area (Å²) < 4.78 is 4.95. The molecule has 1 rings (SSSR count). The van der Waals surface area contributed by atoms with Gasteiger partial charge in [-0.15, -0.1) is 0 Å². The Morgan fingerprint density at radius 2 is 2.60 bits per heavy atom. The van der Waals surface area contributed by atoms with E-state index in [2.05, 4.69) is 0 Å². The molecule has 1 aliphatic heterocycles. The average molecular weight is 139 g/mol. The van der Waals surface area contributed by atoms with Crippen molar-refractivity contribution in [3.63, 3.8) is 0 Å². The molecular formula is C7H9NO2. The van der Waals surface area contributed by atoms with Crippen molar-refractivity contribution in [3.8, 4) is 0 Å². The molecule has 0 aromatic rings. The van der Waals surface area contributed by atoms with E-state index in [0.717, 1.165) is 12.6 Å². The quantitative estimate of drug-likeness (QED) is 0.578. The molecule has 0 spiro atoms. The Labute approximate surface area is 59.2 Å². The number of allylic oxidation sites excluding steroid dienone is 1. The van der Waals surface area contributed by atoms with Gasteiger partial charge in [0.05, 0.1) is 12.5 Å². The van der Waals surface area contributed by atoms with Crippen molar-refractivity contribution in [2.75, 3.05) is 0 Å². The fourth-order valence-electron chi connectivity index (χ4n) is 0.836. The minimum atomic E-state index is -0.400. The van der Waals surface area contributed by atoms with E-state index in [1.54, 1.807) is 0 Å². The molecule has 0 saturated heterocycles. The lowest BCUT2D eigenvalue weighted by Gasteiger charge is -2.15. The van der Waals surface area contributed by atoms with E-state index in [1.807, 2.05) is 6.08 Å². The number of hydrogen-bond acceptors (Lipinski definition) is 3. The van der Waals surface area contributed by atoms with Crippen LogP contribution < -0.4 is 0 Å². The first-order valence-electron chi connectivity index (χ1n) is 3.19. The second-order valence-electron chi connectivity index (χ2n) is 2.12. The number of carbonyl (C=O) groups is 1. The van der Waals surface area contributed by atoms with Gasteiger partial charge in [-0.3, -0.25) is 4.79 Å². The summed E-state index contributed by atoms with van der Waals surface area (Å²) in [6, 6.07) is 0. The molecule has 3 heteroatoms. The molecule has 0 radical (unpaired) electrons. The molecule has 1 atom stereocenters. The number of ketones is 1. The van der Waals surface area contributed by atoms with Crippen LogP contribution in [0.5, 0.6) is 0 Å². The predicted molar refractivity (Wildman–Crippen MR) is 37.0 cm³/mol. The fraction of sp³-hybridized carbons (Fsp3) is 0.429. The second-order valence-corrected chi connectivity index (χ2v) is 2.12. The van der Waals surface area contributed by atoms with E-state index in [0.29, 0.717) is 6.42 Å². The minimum absolute atomic E-state index is 0.246. The lowest BCUT2D eigenvalue weighted by atomic mass is 10.1. The highest BCUT2D eigenvalue weighted by molar-refractivity contribution is 6.28. The SMILES string of the molecule is N=CC(=O)C1CCC=CO1. The molecular weight excluding hydrogens is 130 g/mol. The second kappa shape index (κ2) is 3.15. The predicted octanol–water partition coefficient (Wildman–Crippen LogP) is 0.898. The summed E-state index contributed by atoms with van der Waals surface area (Å²) in [5.41, 5.74) is 0. The van der Waals surface area contributed by atoms with Gasteiger partial charge in [0.15, 0.2) is 6.10 Å². The van der Waals surface area contributed by atoms with Gasteiger partial charge in [-0.1, -0.05) is 0 Å². The Morgan fingerprint density at radius 3 is 3.10 bits per heavy atom. The molecule has 1 N–H and O–H groups in total. The van der Waals surface area contributed by atoms with Gasteiger partial charge in [-0.05, 0) is 18.9 Å². The van der Waals surface area contributed by atoms with Gasteiger partial charge in [0, 0.05) is 0 Å². The number of hydrogen-bond donors (Lipinski definition) is 1. The van der Waals surface area contributed by atoms with Crippen LogP contribution in [0.25, 0.3) is 0 Å². The van der Waals surface area contributed by atoms with Crippen molar-refractivity contribution >= 4 is 12.0 Å². The molecule has 0 saturated carbocycles. The van der Waals surface area contributed by atoms with Crippen LogP contribution in [0, 0.1) is 5.41 Å². The maximum atomic E-state index is 10.8. The van der Waals surface area contributed by atoms with Crippen molar-refractivity contribution in [2.45, 2.75) is 18.9 Å². The van der Waals surface area contributed by atoms with E-state index in [9.17, 15) is 4.79 Å². The van der Waals surface area contributed by atoms with Crippen LogP contribution in [-0.4, -0.2) is 18.1 Å². The summed E-state index contributed by atoms with van der Waals surface area (Å²) in [7, 11) is 0. The maximum absolute atomic E-state index is 10.8. The Kier molecular flexibility index (Phi) is 2.20. The Hall–Kier alpha value is -1.12. The van der Waals surface area contributed by atoms with Gasteiger partial charge in [-0.25, -0.2) is 0 Å². The molecule has 0 bridgehead atoms. The highest BCUT2D eigenvalue weighted by atomic mass is 16.5. The third-order valence-corrected chi connectivity index (χ3v) is 1.39. The van der Waals surface area contributed by atoms with Crippen LogP contribution >= 0.6 is 0 Å². The zero-order chi connectivity index (χ0) is 7.40. The summed E-state index contributed by atoms with van der Waals surface area (Å²) >= 11 is 0. The van der Waals surface area contributed by atoms with E-state index >= 15 is 0 Å². The first kappa shape index (κ1) is 6.99. The monoisotopic (exact) mass is 139 g/mol. The van der Waals surface area contributed by atoms with Crippen molar-refractivity contribution in [1.82, 2.24) is 0 Å². The minimum Gasteiger partial charge on any atom is -0.490 e. The molecule has 10 heavy (non-hydrogen) atoms. The third kappa shape index (κ3) is 1.43. The molecule has 0 amide bonds. The van der Waals surface area contributed by atoms with Crippen molar-refractivity contribution in [1.29, 1.82) is 5.41 Å². The van der Waals surface area contributed by atoms with Gasteiger partial charge in [0.25, 0.3) is 0 Å². The summed E-state index contributed by atoms with van der Waals surface area (Å²) in [4.78, 5) is 10.8. The lowest BCUT2D eigenvalue weighted by molar-refractivity contribution is -0.121. The maximum Gasteiger partial charge on any atom is 0.213 e. The molecule has 0 aromatic carbocycles. The molecule has 1 heterocycles. The van der Waals surface area contributed by atoms with Crippen LogP contribution in [0.2, 0.25) is 0 Å².